The third-order valence-corrected chi connectivity index (χ3v) is 11.2. The third kappa shape index (κ3) is 4.74. The minimum atomic E-state index is 0.0425. The molecule has 47 heavy (non-hydrogen) atoms. The van der Waals surface area contributed by atoms with Crippen LogP contribution in [0.25, 0.3) is 22.4 Å². The van der Waals surface area contributed by atoms with Crippen molar-refractivity contribution in [3.8, 4) is 0 Å². The van der Waals surface area contributed by atoms with Crippen molar-refractivity contribution in [1.82, 2.24) is 4.90 Å². The fraction of sp³-hybridized carbons (Fsp3) is 0.295. The number of hydrogen-bond acceptors (Lipinski definition) is 3. The van der Waals surface area contributed by atoms with Crippen molar-refractivity contribution in [3.63, 3.8) is 0 Å². The van der Waals surface area contributed by atoms with Gasteiger partial charge in [-0.05, 0) is 88.5 Å². The minimum absolute atomic E-state index is 0.0425. The van der Waals surface area contributed by atoms with Gasteiger partial charge in [-0.15, -0.1) is 0 Å². The van der Waals surface area contributed by atoms with Gasteiger partial charge < -0.3 is 10.2 Å². The van der Waals surface area contributed by atoms with E-state index < -0.39 is 0 Å². The van der Waals surface area contributed by atoms with Crippen molar-refractivity contribution in [2.45, 2.75) is 65.0 Å². The predicted molar refractivity (Wildman–Crippen MR) is 199 cm³/mol. The molecule has 6 aliphatic rings. The van der Waals surface area contributed by atoms with Gasteiger partial charge in [-0.25, -0.2) is 0 Å². The molecular formula is C44H43N3. The van der Waals surface area contributed by atoms with Gasteiger partial charge in [0.25, 0.3) is 0 Å². The molecule has 3 heteroatoms. The first-order chi connectivity index (χ1) is 22.9. The Labute approximate surface area is 279 Å². The van der Waals surface area contributed by atoms with Crippen LogP contribution in [0.4, 0.5) is 11.4 Å². The van der Waals surface area contributed by atoms with Crippen molar-refractivity contribution in [2.24, 2.45) is 22.2 Å². The van der Waals surface area contributed by atoms with E-state index in [4.69, 9.17) is 4.99 Å². The Morgan fingerprint density at radius 1 is 0.872 bits per heavy atom. The quantitative estimate of drug-likeness (QED) is 0.318. The van der Waals surface area contributed by atoms with Gasteiger partial charge in [0, 0.05) is 34.8 Å². The van der Waals surface area contributed by atoms with Gasteiger partial charge in [-0.1, -0.05) is 118 Å². The Kier molecular flexibility index (Phi) is 6.68. The molecular weight excluding hydrogens is 571 g/mol. The van der Waals surface area contributed by atoms with Gasteiger partial charge in [0.15, 0.2) is 0 Å². The van der Waals surface area contributed by atoms with E-state index in [1.54, 1.807) is 0 Å². The molecule has 0 saturated carbocycles. The normalized spacial score (nSPS) is 25.6. The molecule has 0 radical (unpaired) electrons. The second kappa shape index (κ2) is 11.0. The number of nitrogens with zero attached hydrogens (tertiary/aromatic N) is 2. The highest BCUT2D eigenvalue weighted by atomic mass is 15.2. The highest BCUT2D eigenvalue weighted by Gasteiger charge is 2.46. The van der Waals surface area contributed by atoms with Crippen LogP contribution in [-0.2, 0) is 6.42 Å². The van der Waals surface area contributed by atoms with Crippen LogP contribution in [0.5, 0.6) is 0 Å². The fourth-order valence-electron chi connectivity index (χ4n) is 8.73. The SMILES string of the molecule is CC(C)(C)C1=CC2C3CC(c4ccc(C5C=Nc6c7c(c8ccccc8c6N5)C=CCC7)cc4)=CC=C3N(C3=CC=CCC3)C2C=C1. The lowest BCUT2D eigenvalue weighted by Gasteiger charge is -2.33. The van der Waals surface area contributed by atoms with Gasteiger partial charge >= 0.3 is 0 Å². The molecule has 0 amide bonds. The van der Waals surface area contributed by atoms with Crippen LogP contribution >= 0.6 is 0 Å². The van der Waals surface area contributed by atoms with E-state index in [0.29, 0.717) is 17.9 Å². The van der Waals surface area contributed by atoms with Gasteiger partial charge in [0.2, 0.25) is 0 Å². The molecule has 4 aliphatic carbocycles. The van der Waals surface area contributed by atoms with Crippen molar-refractivity contribution in [1.29, 1.82) is 0 Å². The van der Waals surface area contributed by atoms with Crippen molar-refractivity contribution >= 4 is 40.0 Å². The first kappa shape index (κ1) is 28.6. The number of rotatable bonds is 3. The lowest BCUT2D eigenvalue weighted by molar-refractivity contribution is 0.361. The molecule has 2 aliphatic heterocycles. The average Bonchev–Trinajstić information content (AvgIpc) is 3.45. The number of allylic oxidation sites excluding steroid dienone is 11. The summed E-state index contributed by atoms with van der Waals surface area (Å²) in [6.07, 6.45) is 31.3. The molecule has 3 aromatic carbocycles. The Hall–Kier alpha value is -4.63. The molecule has 234 valence electrons. The Morgan fingerprint density at radius 3 is 2.51 bits per heavy atom. The van der Waals surface area contributed by atoms with Gasteiger partial charge in [0.1, 0.15) is 0 Å². The summed E-state index contributed by atoms with van der Waals surface area (Å²) in [5.74, 6) is 0.959. The van der Waals surface area contributed by atoms with E-state index in [1.807, 2.05) is 0 Å². The average molecular weight is 614 g/mol. The summed E-state index contributed by atoms with van der Waals surface area (Å²) in [5, 5.41) is 6.46. The van der Waals surface area contributed by atoms with Crippen LogP contribution in [0.15, 0.2) is 125 Å². The first-order valence-corrected chi connectivity index (χ1v) is 17.6. The summed E-state index contributed by atoms with van der Waals surface area (Å²) in [7, 11) is 0. The molecule has 2 heterocycles. The van der Waals surface area contributed by atoms with E-state index in [-0.39, 0.29) is 11.5 Å². The molecule has 3 nitrogen and oxygen atoms in total. The molecule has 1 fully saturated rings. The zero-order valence-electron chi connectivity index (χ0n) is 27.7. The predicted octanol–water partition coefficient (Wildman–Crippen LogP) is 11.0. The molecule has 4 atom stereocenters. The third-order valence-electron chi connectivity index (χ3n) is 11.2. The molecule has 1 saturated heterocycles. The van der Waals surface area contributed by atoms with E-state index in [1.165, 1.54) is 61.3 Å². The van der Waals surface area contributed by atoms with Crippen LogP contribution in [0.2, 0.25) is 0 Å². The second-order valence-corrected chi connectivity index (χ2v) is 15.0. The van der Waals surface area contributed by atoms with Crippen molar-refractivity contribution in [2.75, 3.05) is 5.32 Å². The van der Waals surface area contributed by atoms with Crippen molar-refractivity contribution in [3.05, 3.63) is 142 Å². The van der Waals surface area contributed by atoms with Crippen LogP contribution in [0.3, 0.4) is 0 Å². The van der Waals surface area contributed by atoms with E-state index in [0.717, 1.165) is 37.8 Å². The molecule has 0 spiro atoms. The lowest BCUT2D eigenvalue weighted by Crippen LogP contribution is -2.31. The number of nitrogens with one attached hydrogen (secondary N) is 1. The maximum atomic E-state index is 5.11. The summed E-state index contributed by atoms with van der Waals surface area (Å²) in [4.78, 5) is 7.78. The maximum absolute atomic E-state index is 5.11. The topological polar surface area (TPSA) is 27.6 Å². The van der Waals surface area contributed by atoms with Crippen molar-refractivity contribution < 1.29 is 0 Å². The maximum Gasteiger partial charge on any atom is 0.0903 e. The molecule has 0 bridgehead atoms. The summed E-state index contributed by atoms with van der Waals surface area (Å²) in [5.41, 5.74) is 13.6. The second-order valence-electron chi connectivity index (χ2n) is 15.0. The summed E-state index contributed by atoms with van der Waals surface area (Å²) in [6, 6.07) is 18.5. The summed E-state index contributed by atoms with van der Waals surface area (Å²) < 4.78 is 0. The number of likely N-dealkylation sites (tertiary alicyclic amines) is 1. The van der Waals surface area contributed by atoms with Crippen LogP contribution in [0, 0.1) is 17.3 Å². The van der Waals surface area contributed by atoms with Crippen LogP contribution in [-0.4, -0.2) is 17.2 Å². The highest BCUT2D eigenvalue weighted by Crippen LogP contribution is 2.52. The number of hydrogen-bond donors (Lipinski definition) is 1. The minimum Gasteiger partial charge on any atom is -0.371 e. The van der Waals surface area contributed by atoms with Crippen LogP contribution < -0.4 is 5.32 Å². The fourth-order valence-corrected chi connectivity index (χ4v) is 8.73. The van der Waals surface area contributed by atoms with Gasteiger partial charge in [-0.2, -0.15) is 0 Å². The number of benzene rings is 3. The van der Waals surface area contributed by atoms with E-state index in [9.17, 15) is 0 Å². The zero-order chi connectivity index (χ0) is 31.7. The highest BCUT2D eigenvalue weighted by molar-refractivity contribution is 6.08. The number of fused-ring (bicyclic) bond motifs is 9. The number of aliphatic imine (C=N–C) groups is 1. The number of anilines is 1. The smallest absolute Gasteiger partial charge is 0.0903 e. The summed E-state index contributed by atoms with van der Waals surface area (Å²) in [6.45, 7) is 7.02. The Bertz CT molecular complexity index is 2040. The molecule has 4 unspecified atom stereocenters. The van der Waals surface area contributed by atoms with Gasteiger partial charge in [0.05, 0.1) is 23.5 Å². The van der Waals surface area contributed by atoms with E-state index in [2.05, 4.69) is 146 Å². The molecule has 9 rings (SSSR count). The van der Waals surface area contributed by atoms with Gasteiger partial charge in [-0.3, -0.25) is 4.99 Å². The standard InChI is InChI=1S/C44H43N3/c1-44(2,3)31-22-24-41-38(26-31)37-25-30(21-23-40(37)47(41)32-11-5-4-6-12-32)28-17-19-29(20-18-28)39-27-45-42-35-15-9-7-13-33(35)34-14-8-10-16-36(34)43(42)46-39/h4-5,7-8,10-11,13-14,16-24,26-27,37-39,41,46H,6,9,12,15,25H2,1-3H3. The van der Waals surface area contributed by atoms with E-state index >= 15 is 0 Å². The molecule has 1 N–H and O–H groups in total. The molecule has 3 aromatic rings. The lowest BCUT2D eigenvalue weighted by atomic mass is 9.74. The summed E-state index contributed by atoms with van der Waals surface area (Å²) >= 11 is 0. The monoisotopic (exact) mass is 613 g/mol. The molecule has 0 aromatic heterocycles. The Morgan fingerprint density at radius 2 is 1.70 bits per heavy atom. The zero-order valence-corrected chi connectivity index (χ0v) is 27.7. The Balaban J connectivity index is 1.02. The van der Waals surface area contributed by atoms with Crippen LogP contribution in [0.1, 0.15) is 74.8 Å². The largest absolute Gasteiger partial charge is 0.371 e. The first-order valence-electron chi connectivity index (χ1n) is 17.6.